The van der Waals surface area contributed by atoms with E-state index in [-0.39, 0.29) is 5.91 Å². The molecule has 1 unspecified atom stereocenters. The van der Waals surface area contributed by atoms with Crippen LogP contribution in [0.2, 0.25) is 0 Å². The lowest BCUT2D eigenvalue weighted by molar-refractivity contribution is 0.0918. The van der Waals surface area contributed by atoms with Crippen LogP contribution in [0.5, 0.6) is 0 Å². The Bertz CT molecular complexity index is 327. The molecule has 1 amide bonds. The Morgan fingerprint density at radius 2 is 2.27 bits per heavy atom. The third-order valence-corrected chi connectivity index (χ3v) is 3.51. The van der Waals surface area contributed by atoms with Crippen LogP contribution in [0.1, 0.15) is 33.5 Å². The molecule has 0 fully saturated rings. The summed E-state index contributed by atoms with van der Waals surface area (Å²) in [5.74, 6) is -0.0938. The molecule has 0 saturated heterocycles. The number of nitrogens with one attached hydrogen (secondary N) is 1. The molecule has 0 bridgehead atoms. The number of rotatable bonds is 4. The molecular formula is C11H17NO2S. The lowest BCUT2D eigenvalue weighted by Gasteiger charge is -2.07. The molecule has 4 heteroatoms. The van der Waals surface area contributed by atoms with Gasteiger partial charge in [-0.3, -0.25) is 4.79 Å². The second-order valence-electron chi connectivity index (χ2n) is 3.62. The first-order valence-corrected chi connectivity index (χ1v) is 5.89. The molecule has 0 spiro atoms. The van der Waals surface area contributed by atoms with Gasteiger partial charge in [0, 0.05) is 11.4 Å². The molecule has 84 valence electrons. The Labute approximate surface area is 94.1 Å². The number of aliphatic hydroxyl groups excluding tert-OH is 1. The fraction of sp³-hybridized carbons (Fsp3) is 0.545. The van der Waals surface area contributed by atoms with Crippen molar-refractivity contribution in [3.05, 3.63) is 21.4 Å². The van der Waals surface area contributed by atoms with Crippen molar-refractivity contribution in [1.82, 2.24) is 5.32 Å². The number of aliphatic hydroxyl groups is 1. The van der Waals surface area contributed by atoms with Gasteiger partial charge in [0.15, 0.2) is 0 Å². The SMILES string of the molecule is CCC(O)CNC(=O)c1cc(C)c(C)s1. The van der Waals surface area contributed by atoms with Crippen LogP contribution in [0.3, 0.4) is 0 Å². The van der Waals surface area contributed by atoms with E-state index in [1.54, 1.807) is 0 Å². The fourth-order valence-electron chi connectivity index (χ4n) is 1.13. The minimum atomic E-state index is -0.448. The van der Waals surface area contributed by atoms with Gasteiger partial charge in [-0.25, -0.2) is 0 Å². The van der Waals surface area contributed by atoms with E-state index in [1.807, 2.05) is 26.8 Å². The molecule has 2 N–H and O–H groups in total. The third kappa shape index (κ3) is 3.32. The summed E-state index contributed by atoms with van der Waals surface area (Å²) < 4.78 is 0. The molecule has 1 rings (SSSR count). The molecule has 0 radical (unpaired) electrons. The largest absolute Gasteiger partial charge is 0.391 e. The summed E-state index contributed by atoms with van der Waals surface area (Å²) >= 11 is 1.49. The van der Waals surface area contributed by atoms with E-state index in [1.165, 1.54) is 11.3 Å². The predicted octanol–water partition coefficient (Wildman–Crippen LogP) is 1.87. The number of aryl methyl sites for hydroxylation is 2. The zero-order chi connectivity index (χ0) is 11.4. The van der Waals surface area contributed by atoms with Crippen molar-refractivity contribution in [2.24, 2.45) is 0 Å². The van der Waals surface area contributed by atoms with Crippen molar-refractivity contribution in [3.8, 4) is 0 Å². The Morgan fingerprint density at radius 1 is 1.60 bits per heavy atom. The normalized spacial score (nSPS) is 12.5. The van der Waals surface area contributed by atoms with Crippen molar-refractivity contribution in [3.63, 3.8) is 0 Å². The monoisotopic (exact) mass is 227 g/mol. The van der Waals surface area contributed by atoms with Crippen molar-refractivity contribution in [2.75, 3.05) is 6.54 Å². The summed E-state index contributed by atoms with van der Waals surface area (Å²) in [6.07, 6.45) is 0.207. The van der Waals surface area contributed by atoms with E-state index >= 15 is 0 Å². The van der Waals surface area contributed by atoms with Crippen molar-refractivity contribution < 1.29 is 9.90 Å². The summed E-state index contributed by atoms with van der Waals surface area (Å²) in [6, 6.07) is 1.88. The highest BCUT2D eigenvalue weighted by molar-refractivity contribution is 7.14. The van der Waals surface area contributed by atoms with E-state index in [0.29, 0.717) is 17.8 Å². The third-order valence-electron chi connectivity index (χ3n) is 2.36. The van der Waals surface area contributed by atoms with Crippen molar-refractivity contribution >= 4 is 17.2 Å². The van der Waals surface area contributed by atoms with Gasteiger partial charge in [0.2, 0.25) is 0 Å². The number of carbonyl (C=O) groups excluding carboxylic acids is 1. The average molecular weight is 227 g/mol. The van der Waals surface area contributed by atoms with Crippen molar-refractivity contribution in [1.29, 1.82) is 0 Å². The van der Waals surface area contributed by atoms with Gasteiger partial charge in [-0.2, -0.15) is 0 Å². The molecule has 1 aromatic rings. The fourth-order valence-corrected chi connectivity index (χ4v) is 2.08. The lowest BCUT2D eigenvalue weighted by Crippen LogP contribution is -2.31. The first-order chi connectivity index (χ1) is 7.04. The average Bonchev–Trinajstić information content (AvgIpc) is 2.55. The maximum Gasteiger partial charge on any atom is 0.261 e. The van der Waals surface area contributed by atoms with Crippen LogP contribution in [-0.2, 0) is 0 Å². The number of thiophene rings is 1. The Morgan fingerprint density at radius 3 is 2.73 bits per heavy atom. The van der Waals surface area contributed by atoms with Gasteiger partial charge in [0.25, 0.3) is 5.91 Å². The lowest BCUT2D eigenvalue weighted by atomic mass is 10.2. The maximum absolute atomic E-state index is 11.6. The molecule has 0 aliphatic carbocycles. The smallest absolute Gasteiger partial charge is 0.261 e. The van der Waals surface area contributed by atoms with Gasteiger partial charge in [0.1, 0.15) is 0 Å². The van der Waals surface area contributed by atoms with E-state index in [2.05, 4.69) is 5.32 Å². The zero-order valence-electron chi connectivity index (χ0n) is 9.33. The van der Waals surface area contributed by atoms with Crippen LogP contribution in [0.15, 0.2) is 6.07 Å². The van der Waals surface area contributed by atoms with Gasteiger partial charge in [0.05, 0.1) is 11.0 Å². The zero-order valence-corrected chi connectivity index (χ0v) is 10.1. The molecule has 3 nitrogen and oxygen atoms in total. The van der Waals surface area contributed by atoms with Crippen LogP contribution in [0.4, 0.5) is 0 Å². The molecule has 0 aromatic carbocycles. The minimum Gasteiger partial charge on any atom is -0.391 e. The quantitative estimate of drug-likeness (QED) is 0.825. The number of amides is 1. The highest BCUT2D eigenvalue weighted by Crippen LogP contribution is 2.20. The molecular weight excluding hydrogens is 210 g/mol. The summed E-state index contributed by atoms with van der Waals surface area (Å²) in [5.41, 5.74) is 1.14. The predicted molar refractivity (Wildman–Crippen MR) is 62.4 cm³/mol. The van der Waals surface area contributed by atoms with Crippen LogP contribution in [0, 0.1) is 13.8 Å². The summed E-state index contributed by atoms with van der Waals surface area (Å²) in [7, 11) is 0. The van der Waals surface area contributed by atoms with Gasteiger partial charge in [-0.05, 0) is 31.9 Å². The van der Waals surface area contributed by atoms with Crippen LogP contribution in [0.25, 0.3) is 0 Å². The Balaban J connectivity index is 2.54. The second kappa shape index (κ2) is 5.28. The summed E-state index contributed by atoms with van der Waals surface area (Å²) in [4.78, 5) is 13.5. The van der Waals surface area contributed by atoms with Crippen LogP contribution in [-0.4, -0.2) is 23.7 Å². The number of hydrogen-bond donors (Lipinski definition) is 2. The number of hydrogen-bond acceptors (Lipinski definition) is 3. The first kappa shape index (κ1) is 12.2. The molecule has 0 aliphatic rings. The van der Waals surface area contributed by atoms with E-state index in [9.17, 15) is 9.90 Å². The molecule has 0 aliphatic heterocycles. The summed E-state index contributed by atoms with van der Waals surface area (Å²) in [6.45, 7) is 6.20. The van der Waals surface area contributed by atoms with E-state index in [0.717, 1.165) is 10.4 Å². The molecule has 1 atom stereocenters. The Hall–Kier alpha value is -0.870. The highest BCUT2D eigenvalue weighted by atomic mass is 32.1. The number of carbonyl (C=O) groups is 1. The topological polar surface area (TPSA) is 49.3 Å². The van der Waals surface area contributed by atoms with Gasteiger partial charge < -0.3 is 10.4 Å². The second-order valence-corrected chi connectivity index (χ2v) is 4.88. The maximum atomic E-state index is 11.6. The summed E-state index contributed by atoms with van der Waals surface area (Å²) in [5, 5.41) is 12.0. The molecule has 0 saturated carbocycles. The highest BCUT2D eigenvalue weighted by Gasteiger charge is 2.11. The van der Waals surface area contributed by atoms with Gasteiger partial charge in [-0.1, -0.05) is 6.92 Å². The van der Waals surface area contributed by atoms with Crippen LogP contribution >= 0.6 is 11.3 Å². The van der Waals surface area contributed by atoms with E-state index in [4.69, 9.17) is 0 Å². The Kier molecular flexibility index (Phi) is 4.29. The minimum absolute atomic E-state index is 0.0938. The van der Waals surface area contributed by atoms with E-state index < -0.39 is 6.10 Å². The van der Waals surface area contributed by atoms with Gasteiger partial charge in [-0.15, -0.1) is 11.3 Å². The van der Waals surface area contributed by atoms with Crippen molar-refractivity contribution in [2.45, 2.75) is 33.3 Å². The first-order valence-electron chi connectivity index (χ1n) is 5.08. The molecule has 15 heavy (non-hydrogen) atoms. The molecule has 1 heterocycles. The standard InChI is InChI=1S/C11H17NO2S/c1-4-9(13)6-12-11(14)10-5-7(2)8(3)15-10/h5,9,13H,4,6H2,1-3H3,(H,12,14). The van der Waals surface area contributed by atoms with Gasteiger partial charge >= 0.3 is 0 Å². The van der Waals surface area contributed by atoms with Crippen LogP contribution < -0.4 is 5.32 Å². The molecule has 1 aromatic heterocycles.